The summed E-state index contributed by atoms with van der Waals surface area (Å²) in [7, 11) is 3.08. The standard InChI is InChI=1S/C11H14FNO2/c1-13(8-7-11(14)15-2)10-6-4-3-5-9(10)12/h3-6H,7-8H2,1-2H3. The van der Waals surface area contributed by atoms with Gasteiger partial charge in [0.15, 0.2) is 0 Å². The van der Waals surface area contributed by atoms with Crippen molar-refractivity contribution >= 4 is 11.7 Å². The van der Waals surface area contributed by atoms with Gasteiger partial charge >= 0.3 is 5.97 Å². The van der Waals surface area contributed by atoms with Crippen LogP contribution < -0.4 is 4.90 Å². The number of carbonyl (C=O) groups is 1. The molecule has 3 nitrogen and oxygen atoms in total. The van der Waals surface area contributed by atoms with Crippen molar-refractivity contribution in [2.45, 2.75) is 6.42 Å². The van der Waals surface area contributed by atoms with Gasteiger partial charge in [-0.25, -0.2) is 4.39 Å². The number of anilines is 1. The molecule has 0 aliphatic heterocycles. The lowest BCUT2D eigenvalue weighted by atomic mass is 10.2. The van der Waals surface area contributed by atoms with Crippen LogP contribution in [0.15, 0.2) is 24.3 Å². The number of ether oxygens (including phenoxy) is 1. The molecule has 0 unspecified atom stereocenters. The Bertz CT molecular complexity index is 341. The molecule has 15 heavy (non-hydrogen) atoms. The Kier molecular flexibility index (Phi) is 4.09. The van der Waals surface area contributed by atoms with Gasteiger partial charge in [0.25, 0.3) is 0 Å². The van der Waals surface area contributed by atoms with Crippen LogP contribution in [0.3, 0.4) is 0 Å². The molecule has 0 aliphatic rings. The Morgan fingerprint density at radius 3 is 2.73 bits per heavy atom. The van der Waals surface area contributed by atoms with Crippen molar-refractivity contribution in [3.05, 3.63) is 30.1 Å². The van der Waals surface area contributed by atoms with Crippen LogP contribution in [0.1, 0.15) is 6.42 Å². The lowest BCUT2D eigenvalue weighted by Crippen LogP contribution is -2.22. The predicted molar refractivity (Wildman–Crippen MR) is 56.3 cm³/mol. The first-order valence-electron chi connectivity index (χ1n) is 4.67. The fourth-order valence-corrected chi connectivity index (χ4v) is 1.24. The molecule has 0 fully saturated rings. The van der Waals surface area contributed by atoms with E-state index in [0.717, 1.165) is 0 Å². The number of rotatable bonds is 4. The third-order valence-corrected chi connectivity index (χ3v) is 2.14. The molecule has 0 aromatic heterocycles. The number of halogens is 1. The normalized spacial score (nSPS) is 9.80. The average Bonchev–Trinajstić information content (AvgIpc) is 2.26. The molecule has 0 spiro atoms. The van der Waals surface area contributed by atoms with Gasteiger partial charge in [-0.05, 0) is 12.1 Å². The van der Waals surface area contributed by atoms with E-state index in [1.807, 2.05) is 0 Å². The molecule has 0 aliphatic carbocycles. The van der Waals surface area contributed by atoms with Gasteiger partial charge in [0, 0.05) is 13.6 Å². The highest BCUT2D eigenvalue weighted by atomic mass is 19.1. The first kappa shape index (κ1) is 11.5. The minimum Gasteiger partial charge on any atom is -0.469 e. The van der Waals surface area contributed by atoms with Gasteiger partial charge in [-0.2, -0.15) is 0 Å². The summed E-state index contributed by atoms with van der Waals surface area (Å²) in [6, 6.07) is 6.45. The van der Waals surface area contributed by atoms with Gasteiger partial charge < -0.3 is 9.64 Å². The molecule has 1 rings (SSSR count). The van der Waals surface area contributed by atoms with E-state index in [1.165, 1.54) is 13.2 Å². The number of hydrogen-bond donors (Lipinski definition) is 0. The Labute approximate surface area is 88.5 Å². The maximum absolute atomic E-state index is 13.3. The van der Waals surface area contributed by atoms with Crippen LogP contribution >= 0.6 is 0 Å². The molecule has 1 aromatic rings. The monoisotopic (exact) mass is 211 g/mol. The highest BCUT2D eigenvalue weighted by molar-refractivity contribution is 5.70. The van der Waals surface area contributed by atoms with Crippen molar-refractivity contribution in [3.63, 3.8) is 0 Å². The topological polar surface area (TPSA) is 29.5 Å². The second kappa shape index (κ2) is 5.34. The van der Waals surface area contributed by atoms with Crippen LogP contribution in [0.2, 0.25) is 0 Å². The Hall–Kier alpha value is -1.58. The average molecular weight is 211 g/mol. The van der Waals surface area contributed by atoms with Crippen LogP contribution in [0.25, 0.3) is 0 Å². The van der Waals surface area contributed by atoms with Crippen molar-refractivity contribution in [2.24, 2.45) is 0 Å². The van der Waals surface area contributed by atoms with Gasteiger partial charge in [0.05, 0.1) is 19.2 Å². The van der Waals surface area contributed by atoms with E-state index in [2.05, 4.69) is 4.74 Å². The van der Waals surface area contributed by atoms with Gasteiger partial charge in [-0.1, -0.05) is 12.1 Å². The summed E-state index contributed by atoms with van der Waals surface area (Å²) in [6.07, 6.45) is 0.251. The van der Waals surface area contributed by atoms with Crippen LogP contribution in [-0.4, -0.2) is 26.7 Å². The molecule has 0 saturated carbocycles. The Balaban J connectivity index is 2.57. The molecule has 0 heterocycles. The third kappa shape index (κ3) is 3.23. The lowest BCUT2D eigenvalue weighted by molar-refractivity contribution is -0.140. The summed E-state index contributed by atoms with van der Waals surface area (Å²) in [5.41, 5.74) is 0.487. The highest BCUT2D eigenvalue weighted by Crippen LogP contribution is 2.16. The highest BCUT2D eigenvalue weighted by Gasteiger charge is 2.08. The Morgan fingerprint density at radius 2 is 2.13 bits per heavy atom. The molecule has 82 valence electrons. The van der Waals surface area contributed by atoms with Crippen LogP contribution in [0.5, 0.6) is 0 Å². The molecule has 0 bridgehead atoms. The first-order valence-corrected chi connectivity index (χ1v) is 4.67. The molecule has 0 atom stereocenters. The van der Waals surface area contributed by atoms with Crippen LogP contribution in [0.4, 0.5) is 10.1 Å². The van der Waals surface area contributed by atoms with Crippen molar-refractivity contribution < 1.29 is 13.9 Å². The van der Waals surface area contributed by atoms with E-state index in [1.54, 1.807) is 30.1 Å². The van der Waals surface area contributed by atoms with Gasteiger partial charge in [-0.15, -0.1) is 0 Å². The quantitative estimate of drug-likeness (QED) is 0.711. The zero-order chi connectivity index (χ0) is 11.3. The fraction of sp³-hybridized carbons (Fsp3) is 0.364. The predicted octanol–water partition coefficient (Wildman–Crippen LogP) is 1.82. The first-order chi connectivity index (χ1) is 7.15. The summed E-state index contributed by atoms with van der Waals surface area (Å²) in [5, 5.41) is 0. The van der Waals surface area contributed by atoms with Crippen molar-refractivity contribution in [3.8, 4) is 0 Å². The second-order valence-corrected chi connectivity index (χ2v) is 3.20. The van der Waals surface area contributed by atoms with E-state index >= 15 is 0 Å². The molecule has 4 heteroatoms. The maximum Gasteiger partial charge on any atom is 0.307 e. The van der Waals surface area contributed by atoms with Gasteiger partial charge in [0.1, 0.15) is 5.82 Å². The molecular formula is C11H14FNO2. The number of carbonyl (C=O) groups excluding carboxylic acids is 1. The third-order valence-electron chi connectivity index (χ3n) is 2.14. The zero-order valence-corrected chi connectivity index (χ0v) is 8.87. The smallest absolute Gasteiger partial charge is 0.307 e. The zero-order valence-electron chi connectivity index (χ0n) is 8.87. The summed E-state index contributed by atoms with van der Waals surface area (Å²) in [6.45, 7) is 0.438. The number of hydrogen-bond acceptors (Lipinski definition) is 3. The van der Waals surface area contributed by atoms with E-state index in [0.29, 0.717) is 12.2 Å². The number of benzene rings is 1. The minimum absolute atomic E-state index is 0.251. The van der Waals surface area contributed by atoms with E-state index in [9.17, 15) is 9.18 Å². The van der Waals surface area contributed by atoms with Crippen molar-refractivity contribution in [1.29, 1.82) is 0 Å². The summed E-state index contributed by atoms with van der Waals surface area (Å²) in [4.78, 5) is 12.6. The van der Waals surface area contributed by atoms with Gasteiger partial charge in [0.2, 0.25) is 0 Å². The van der Waals surface area contributed by atoms with Crippen molar-refractivity contribution in [2.75, 3.05) is 25.6 Å². The number of esters is 1. The van der Waals surface area contributed by atoms with Crippen LogP contribution in [0, 0.1) is 5.82 Å². The van der Waals surface area contributed by atoms with E-state index in [-0.39, 0.29) is 18.2 Å². The number of para-hydroxylation sites is 1. The van der Waals surface area contributed by atoms with Crippen LogP contribution in [-0.2, 0) is 9.53 Å². The summed E-state index contributed by atoms with van der Waals surface area (Å²) < 4.78 is 17.8. The summed E-state index contributed by atoms with van der Waals surface area (Å²) >= 11 is 0. The number of nitrogens with zero attached hydrogens (tertiary/aromatic N) is 1. The minimum atomic E-state index is -0.293. The molecule has 0 radical (unpaired) electrons. The Morgan fingerprint density at radius 1 is 1.47 bits per heavy atom. The molecule has 0 amide bonds. The summed E-state index contributed by atoms with van der Waals surface area (Å²) in [5.74, 6) is -0.581. The van der Waals surface area contributed by atoms with Gasteiger partial charge in [-0.3, -0.25) is 4.79 Å². The molecular weight excluding hydrogens is 197 g/mol. The molecule has 1 aromatic carbocycles. The van der Waals surface area contributed by atoms with E-state index < -0.39 is 0 Å². The fourth-order valence-electron chi connectivity index (χ4n) is 1.24. The van der Waals surface area contributed by atoms with E-state index in [4.69, 9.17) is 0 Å². The molecule has 0 N–H and O–H groups in total. The van der Waals surface area contributed by atoms with Crippen molar-refractivity contribution in [1.82, 2.24) is 0 Å². The lowest BCUT2D eigenvalue weighted by Gasteiger charge is -2.18. The second-order valence-electron chi connectivity index (χ2n) is 3.20. The SMILES string of the molecule is COC(=O)CCN(C)c1ccccc1F. The molecule has 0 saturated heterocycles. The largest absolute Gasteiger partial charge is 0.469 e. The maximum atomic E-state index is 13.3. The number of methoxy groups -OCH3 is 1.